The van der Waals surface area contributed by atoms with Crippen molar-refractivity contribution in [3.05, 3.63) is 40.5 Å². The maximum Gasteiger partial charge on any atom is 0.226 e. The molecule has 0 spiro atoms. The number of rotatable bonds is 4. The molecule has 1 aromatic heterocycles. The first-order valence-electron chi connectivity index (χ1n) is 4.97. The molecule has 0 atom stereocenters. The zero-order chi connectivity index (χ0) is 11.4. The van der Waals surface area contributed by atoms with E-state index in [4.69, 9.17) is 9.26 Å². The van der Waals surface area contributed by atoms with Crippen LogP contribution in [0.5, 0.6) is 5.75 Å². The molecule has 1 aromatic carbocycles. The third-order valence-electron chi connectivity index (χ3n) is 1.98. The van der Waals surface area contributed by atoms with Crippen molar-refractivity contribution in [2.45, 2.75) is 20.0 Å². The Morgan fingerprint density at radius 1 is 1.44 bits per heavy atom. The second-order valence-corrected chi connectivity index (χ2v) is 4.12. The van der Waals surface area contributed by atoms with Gasteiger partial charge in [0.2, 0.25) is 11.7 Å². The molecular formula is C11H11BrN2O2. The van der Waals surface area contributed by atoms with Crippen molar-refractivity contribution >= 4 is 15.9 Å². The van der Waals surface area contributed by atoms with Crippen LogP contribution in [-0.4, -0.2) is 10.1 Å². The quantitative estimate of drug-likeness (QED) is 0.865. The van der Waals surface area contributed by atoms with E-state index < -0.39 is 0 Å². The van der Waals surface area contributed by atoms with E-state index in [1.54, 1.807) is 0 Å². The fourth-order valence-electron chi connectivity index (χ4n) is 1.20. The van der Waals surface area contributed by atoms with Crippen molar-refractivity contribution in [3.63, 3.8) is 0 Å². The molecule has 84 valence electrons. The minimum Gasteiger partial charge on any atom is -0.485 e. The van der Waals surface area contributed by atoms with Crippen LogP contribution in [0.15, 0.2) is 33.3 Å². The van der Waals surface area contributed by atoms with Crippen LogP contribution >= 0.6 is 15.9 Å². The van der Waals surface area contributed by atoms with E-state index in [9.17, 15) is 0 Å². The Hall–Kier alpha value is -1.36. The first kappa shape index (κ1) is 11.1. The van der Waals surface area contributed by atoms with E-state index in [0.717, 1.165) is 16.6 Å². The van der Waals surface area contributed by atoms with Crippen molar-refractivity contribution in [3.8, 4) is 5.75 Å². The van der Waals surface area contributed by atoms with Gasteiger partial charge < -0.3 is 9.26 Å². The SMILES string of the molecule is CCc1nc(COc2cccc(Br)c2)no1. The summed E-state index contributed by atoms with van der Waals surface area (Å²) in [5.74, 6) is 1.97. The molecule has 16 heavy (non-hydrogen) atoms. The maximum absolute atomic E-state index is 5.52. The van der Waals surface area contributed by atoms with Gasteiger partial charge in [-0.15, -0.1) is 0 Å². The Kier molecular flexibility index (Phi) is 3.56. The molecule has 2 aromatic rings. The molecule has 2 rings (SSSR count). The van der Waals surface area contributed by atoms with Gasteiger partial charge in [0.25, 0.3) is 0 Å². The molecule has 0 N–H and O–H groups in total. The lowest BCUT2D eigenvalue weighted by atomic mass is 10.3. The lowest BCUT2D eigenvalue weighted by molar-refractivity contribution is 0.285. The largest absolute Gasteiger partial charge is 0.485 e. The molecule has 0 amide bonds. The monoisotopic (exact) mass is 282 g/mol. The number of halogens is 1. The minimum atomic E-state index is 0.319. The fraction of sp³-hybridized carbons (Fsp3) is 0.273. The van der Waals surface area contributed by atoms with Gasteiger partial charge in [-0.2, -0.15) is 4.98 Å². The molecule has 0 unspecified atom stereocenters. The first-order chi connectivity index (χ1) is 7.78. The summed E-state index contributed by atoms with van der Waals surface area (Å²) in [5, 5.41) is 3.80. The van der Waals surface area contributed by atoms with Crippen LogP contribution < -0.4 is 4.74 Å². The summed E-state index contributed by atoms with van der Waals surface area (Å²) >= 11 is 3.37. The number of ether oxygens (including phenoxy) is 1. The molecule has 0 fully saturated rings. The maximum atomic E-state index is 5.52. The Bertz CT molecular complexity index is 471. The van der Waals surface area contributed by atoms with Crippen LogP contribution in [0.4, 0.5) is 0 Å². The summed E-state index contributed by atoms with van der Waals surface area (Å²) < 4.78 is 11.5. The Labute approximate surface area is 102 Å². The van der Waals surface area contributed by atoms with Crippen LogP contribution in [0, 0.1) is 0 Å². The second kappa shape index (κ2) is 5.12. The summed E-state index contributed by atoms with van der Waals surface area (Å²) in [6.45, 7) is 2.28. The Morgan fingerprint density at radius 3 is 3.00 bits per heavy atom. The average Bonchev–Trinajstić information content (AvgIpc) is 2.74. The third kappa shape index (κ3) is 2.82. The average molecular weight is 283 g/mol. The van der Waals surface area contributed by atoms with E-state index in [2.05, 4.69) is 26.1 Å². The van der Waals surface area contributed by atoms with E-state index >= 15 is 0 Å². The normalized spacial score (nSPS) is 10.4. The predicted octanol–water partition coefficient (Wildman–Crippen LogP) is 2.97. The van der Waals surface area contributed by atoms with Crippen molar-refractivity contribution in [2.24, 2.45) is 0 Å². The van der Waals surface area contributed by atoms with Crippen LogP contribution in [0.3, 0.4) is 0 Å². The van der Waals surface area contributed by atoms with Crippen molar-refractivity contribution in [1.82, 2.24) is 10.1 Å². The number of hydrogen-bond donors (Lipinski definition) is 0. The smallest absolute Gasteiger partial charge is 0.226 e. The highest BCUT2D eigenvalue weighted by molar-refractivity contribution is 9.10. The van der Waals surface area contributed by atoms with Crippen molar-refractivity contribution < 1.29 is 9.26 Å². The van der Waals surface area contributed by atoms with Gasteiger partial charge in [0.05, 0.1) is 0 Å². The van der Waals surface area contributed by atoms with E-state index in [0.29, 0.717) is 18.3 Å². The molecular weight excluding hydrogens is 272 g/mol. The Morgan fingerprint density at radius 2 is 2.31 bits per heavy atom. The summed E-state index contributed by atoms with van der Waals surface area (Å²) in [4.78, 5) is 4.15. The lowest BCUT2D eigenvalue weighted by Gasteiger charge is -2.02. The summed E-state index contributed by atoms with van der Waals surface area (Å²) in [5.41, 5.74) is 0. The van der Waals surface area contributed by atoms with Crippen molar-refractivity contribution in [2.75, 3.05) is 0 Å². The van der Waals surface area contributed by atoms with Gasteiger partial charge in [-0.05, 0) is 18.2 Å². The summed E-state index contributed by atoms with van der Waals surface area (Å²) in [6, 6.07) is 7.62. The zero-order valence-corrected chi connectivity index (χ0v) is 10.4. The molecule has 4 nitrogen and oxygen atoms in total. The second-order valence-electron chi connectivity index (χ2n) is 3.20. The highest BCUT2D eigenvalue weighted by Gasteiger charge is 2.04. The fourth-order valence-corrected chi connectivity index (χ4v) is 1.58. The van der Waals surface area contributed by atoms with Gasteiger partial charge >= 0.3 is 0 Å². The molecule has 0 bridgehead atoms. The van der Waals surface area contributed by atoms with Gasteiger partial charge in [-0.1, -0.05) is 34.1 Å². The van der Waals surface area contributed by atoms with Gasteiger partial charge in [0.15, 0.2) is 6.61 Å². The van der Waals surface area contributed by atoms with Gasteiger partial charge in [-0.3, -0.25) is 0 Å². The third-order valence-corrected chi connectivity index (χ3v) is 2.47. The first-order valence-corrected chi connectivity index (χ1v) is 5.77. The van der Waals surface area contributed by atoms with Gasteiger partial charge in [0, 0.05) is 10.9 Å². The number of benzene rings is 1. The summed E-state index contributed by atoms with van der Waals surface area (Å²) in [6.07, 6.45) is 0.740. The molecule has 0 saturated carbocycles. The highest BCUT2D eigenvalue weighted by Crippen LogP contribution is 2.18. The van der Waals surface area contributed by atoms with Crippen LogP contribution in [0.25, 0.3) is 0 Å². The summed E-state index contributed by atoms with van der Waals surface area (Å²) in [7, 11) is 0. The molecule has 0 aliphatic heterocycles. The highest BCUT2D eigenvalue weighted by atomic mass is 79.9. The zero-order valence-electron chi connectivity index (χ0n) is 8.81. The van der Waals surface area contributed by atoms with E-state index in [1.807, 2.05) is 31.2 Å². The molecule has 0 aliphatic rings. The molecule has 5 heteroatoms. The van der Waals surface area contributed by atoms with Gasteiger partial charge in [-0.25, -0.2) is 0 Å². The topological polar surface area (TPSA) is 48.2 Å². The van der Waals surface area contributed by atoms with Crippen LogP contribution in [0.1, 0.15) is 18.6 Å². The Balaban J connectivity index is 1.96. The number of aryl methyl sites for hydroxylation is 1. The predicted molar refractivity (Wildman–Crippen MR) is 62.2 cm³/mol. The van der Waals surface area contributed by atoms with E-state index in [1.165, 1.54) is 0 Å². The molecule has 1 heterocycles. The standard InChI is InChI=1S/C11H11BrN2O2/c1-2-11-13-10(14-16-11)7-15-9-5-3-4-8(12)6-9/h3-6H,2,7H2,1H3. The molecule has 0 aliphatic carbocycles. The van der Waals surface area contributed by atoms with Crippen LogP contribution in [0.2, 0.25) is 0 Å². The van der Waals surface area contributed by atoms with Crippen molar-refractivity contribution in [1.29, 1.82) is 0 Å². The molecule has 0 radical (unpaired) electrons. The van der Waals surface area contributed by atoms with Crippen LogP contribution in [-0.2, 0) is 13.0 Å². The minimum absolute atomic E-state index is 0.319. The number of aromatic nitrogens is 2. The number of nitrogens with zero attached hydrogens (tertiary/aromatic N) is 2. The van der Waals surface area contributed by atoms with E-state index in [-0.39, 0.29) is 0 Å². The van der Waals surface area contributed by atoms with Gasteiger partial charge in [0.1, 0.15) is 5.75 Å². The lowest BCUT2D eigenvalue weighted by Crippen LogP contribution is -1.97. The molecule has 0 saturated heterocycles. The number of hydrogen-bond acceptors (Lipinski definition) is 4.